The average molecular weight is 228 g/mol. The summed E-state index contributed by atoms with van der Waals surface area (Å²) in [4.78, 5) is 15.3. The number of carbonyl (C=O) groups is 1. The van der Waals surface area contributed by atoms with E-state index in [9.17, 15) is 4.79 Å². The average Bonchev–Trinajstić information content (AvgIpc) is 2.98. The highest BCUT2D eigenvalue weighted by atomic mass is 16.1. The Bertz CT molecular complexity index is 684. The zero-order valence-electron chi connectivity index (χ0n) is 8.66. The molecule has 7 heteroatoms. The van der Waals surface area contributed by atoms with E-state index >= 15 is 0 Å². The van der Waals surface area contributed by atoms with Crippen molar-refractivity contribution in [2.24, 2.45) is 5.73 Å². The van der Waals surface area contributed by atoms with Crippen LogP contribution in [0.15, 0.2) is 30.9 Å². The number of aromatic nitrogens is 5. The third-order valence-electron chi connectivity index (χ3n) is 2.48. The predicted molar refractivity (Wildman–Crippen MR) is 59.1 cm³/mol. The summed E-state index contributed by atoms with van der Waals surface area (Å²) in [5.74, 6) is -0.526. The Hall–Kier alpha value is -2.70. The highest BCUT2D eigenvalue weighted by Crippen LogP contribution is 2.20. The van der Waals surface area contributed by atoms with Gasteiger partial charge in [0, 0.05) is 11.8 Å². The van der Waals surface area contributed by atoms with E-state index in [2.05, 4.69) is 20.3 Å². The highest BCUT2D eigenvalue weighted by Gasteiger charge is 2.13. The van der Waals surface area contributed by atoms with E-state index in [1.807, 2.05) is 0 Å². The van der Waals surface area contributed by atoms with Gasteiger partial charge in [-0.15, -0.1) is 0 Å². The fourth-order valence-electron chi connectivity index (χ4n) is 1.71. The van der Waals surface area contributed by atoms with E-state index in [-0.39, 0.29) is 0 Å². The lowest BCUT2D eigenvalue weighted by atomic mass is 10.2. The lowest BCUT2D eigenvalue weighted by Gasteiger charge is -2.03. The predicted octanol–water partition coefficient (Wildman–Crippen LogP) is 0.218. The minimum absolute atomic E-state index is 0.342. The number of hydrogen-bond donors (Lipinski definition) is 2. The number of nitrogens with one attached hydrogen (secondary N) is 1. The molecule has 17 heavy (non-hydrogen) atoms. The number of H-pyrrole nitrogens is 1. The van der Waals surface area contributed by atoms with Gasteiger partial charge in [-0.2, -0.15) is 10.2 Å². The van der Waals surface area contributed by atoms with Crippen molar-refractivity contribution in [2.75, 3.05) is 0 Å². The minimum Gasteiger partial charge on any atom is -0.365 e. The van der Waals surface area contributed by atoms with Crippen LogP contribution in [0.25, 0.3) is 16.9 Å². The normalized spacial score (nSPS) is 10.8. The van der Waals surface area contributed by atoms with Gasteiger partial charge in [0.2, 0.25) is 0 Å². The van der Waals surface area contributed by atoms with Gasteiger partial charge in [-0.25, -0.2) is 9.50 Å². The van der Waals surface area contributed by atoms with E-state index in [4.69, 9.17) is 5.73 Å². The Balaban J connectivity index is 2.33. The van der Waals surface area contributed by atoms with Gasteiger partial charge >= 0.3 is 0 Å². The maximum atomic E-state index is 11.2. The number of nitrogens with two attached hydrogens (primary N) is 1. The number of rotatable bonds is 2. The van der Waals surface area contributed by atoms with Gasteiger partial charge in [0.15, 0.2) is 5.65 Å². The van der Waals surface area contributed by atoms with Crippen molar-refractivity contribution in [1.29, 1.82) is 0 Å². The lowest BCUT2D eigenvalue weighted by molar-refractivity contribution is 0.100. The van der Waals surface area contributed by atoms with E-state index in [1.54, 1.807) is 29.0 Å². The smallest absolute Gasteiger partial charge is 0.252 e. The van der Waals surface area contributed by atoms with Crippen molar-refractivity contribution in [3.05, 3.63) is 36.4 Å². The second-order valence-electron chi connectivity index (χ2n) is 3.48. The second-order valence-corrected chi connectivity index (χ2v) is 3.48. The molecule has 3 aromatic rings. The van der Waals surface area contributed by atoms with Crippen molar-refractivity contribution >= 4 is 11.6 Å². The molecule has 0 aliphatic heterocycles. The van der Waals surface area contributed by atoms with Gasteiger partial charge in [-0.05, 0) is 12.1 Å². The molecular formula is C10H8N6O. The minimum atomic E-state index is -0.526. The molecule has 0 atom stereocenters. The van der Waals surface area contributed by atoms with Crippen molar-refractivity contribution in [2.45, 2.75) is 0 Å². The Labute approximate surface area is 95.3 Å². The van der Waals surface area contributed by atoms with Crippen LogP contribution in [0.5, 0.6) is 0 Å². The van der Waals surface area contributed by atoms with E-state index < -0.39 is 5.91 Å². The molecule has 0 saturated carbocycles. The van der Waals surface area contributed by atoms with Crippen LogP contribution in [0.1, 0.15) is 10.4 Å². The summed E-state index contributed by atoms with van der Waals surface area (Å²) >= 11 is 0. The summed E-state index contributed by atoms with van der Waals surface area (Å²) in [5, 5.41) is 10.7. The second kappa shape index (κ2) is 3.41. The number of fused-ring (bicyclic) bond motifs is 1. The Morgan fingerprint density at radius 3 is 3.00 bits per heavy atom. The van der Waals surface area contributed by atoms with Crippen LogP contribution in [0.4, 0.5) is 0 Å². The zero-order valence-corrected chi connectivity index (χ0v) is 8.66. The largest absolute Gasteiger partial charge is 0.365 e. The van der Waals surface area contributed by atoms with Crippen LogP contribution >= 0.6 is 0 Å². The van der Waals surface area contributed by atoms with Crippen LogP contribution in [-0.4, -0.2) is 30.7 Å². The number of pyridine rings is 1. The van der Waals surface area contributed by atoms with Crippen molar-refractivity contribution in [1.82, 2.24) is 24.8 Å². The van der Waals surface area contributed by atoms with Gasteiger partial charge in [0.1, 0.15) is 6.33 Å². The van der Waals surface area contributed by atoms with Crippen LogP contribution in [0, 0.1) is 0 Å². The number of carbonyl (C=O) groups excluding carboxylic acids is 1. The molecular weight excluding hydrogens is 220 g/mol. The van der Waals surface area contributed by atoms with Crippen LogP contribution in [0.2, 0.25) is 0 Å². The molecule has 0 unspecified atom stereocenters. The summed E-state index contributed by atoms with van der Waals surface area (Å²) < 4.78 is 1.56. The number of nitrogens with zero attached hydrogens (tertiary/aromatic N) is 4. The molecule has 3 N–H and O–H groups in total. The molecule has 84 valence electrons. The molecule has 3 heterocycles. The molecule has 0 aromatic carbocycles. The number of primary amides is 1. The first kappa shape index (κ1) is 9.52. The fraction of sp³-hybridized carbons (Fsp3) is 0. The molecule has 1 amide bonds. The molecule has 3 aromatic heterocycles. The van der Waals surface area contributed by atoms with Crippen LogP contribution in [0.3, 0.4) is 0 Å². The first-order valence-electron chi connectivity index (χ1n) is 4.89. The van der Waals surface area contributed by atoms with Gasteiger partial charge in [0.05, 0.1) is 17.5 Å². The summed E-state index contributed by atoms with van der Waals surface area (Å²) in [5.41, 5.74) is 7.70. The monoisotopic (exact) mass is 228 g/mol. The number of aromatic amines is 1. The first-order chi connectivity index (χ1) is 8.27. The molecule has 0 bridgehead atoms. The summed E-state index contributed by atoms with van der Waals surface area (Å²) in [6.45, 7) is 0. The van der Waals surface area contributed by atoms with E-state index in [1.165, 1.54) is 6.33 Å². The van der Waals surface area contributed by atoms with Gasteiger partial charge in [-0.3, -0.25) is 9.89 Å². The van der Waals surface area contributed by atoms with Crippen molar-refractivity contribution in [3.63, 3.8) is 0 Å². The molecule has 3 rings (SSSR count). The maximum Gasteiger partial charge on any atom is 0.252 e. The number of hydrogen-bond acceptors (Lipinski definition) is 4. The molecule has 0 aliphatic carbocycles. The standard InChI is InChI=1S/C10H8N6O/c11-9(17)7-1-2-8(6-3-13-14-4-6)16-10(7)12-5-15-16/h1-5H,(H2,11,17)(H,13,14). The quantitative estimate of drug-likeness (QED) is 0.654. The third-order valence-corrected chi connectivity index (χ3v) is 2.48. The fourth-order valence-corrected chi connectivity index (χ4v) is 1.71. The van der Waals surface area contributed by atoms with Gasteiger partial charge in [0.25, 0.3) is 5.91 Å². The van der Waals surface area contributed by atoms with Crippen molar-refractivity contribution in [3.8, 4) is 11.3 Å². The van der Waals surface area contributed by atoms with Crippen LogP contribution in [-0.2, 0) is 0 Å². The van der Waals surface area contributed by atoms with Gasteiger partial charge < -0.3 is 5.73 Å². The first-order valence-corrected chi connectivity index (χ1v) is 4.89. The molecule has 0 aliphatic rings. The number of amides is 1. The lowest BCUT2D eigenvalue weighted by Crippen LogP contribution is -2.13. The summed E-state index contributed by atoms with van der Waals surface area (Å²) in [6.07, 6.45) is 4.78. The molecule has 0 radical (unpaired) electrons. The topological polar surface area (TPSA) is 102 Å². The van der Waals surface area contributed by atoms with E-state index in [0.29, 0.717) is 11.2 Å². The third kappa shape index (κ3) is 1.36. The van der Waals surface area contributed by atoms with Crippen molar-refractivity contribution < 1.29 is 4.79 Å². The van der Waals surface area contributed by atoms with Gasteiger partial charge in [-0.1, -0.05) is 0 Å². The molecule has 7 nitrogen and oxygen atoms in total. The SMILES string of the molecule is NC(=O)c1ccc(-c2cn[nH]c2)n2ncnc12. The molecule has 0 spiro atoms. The Kier molecular flexibility index (Phi) is 1.91. The zero-order chi connectivity index (χ0) is 11.8. The van der Waals surface area contributed by atoms with Crippen LogP contribution < -0.4 is 5.73 Å². The maximum absolute atomic E-state index is 11.2. The van der Waals surface area contributed by atoms with E-state index in [0.717, 1.165) is 11.3 Å². The summed E-state index contributed by atoms with van der Waals surface area (Å²) in [7, 11) is 0. The Morgan fingerprint density at radius 2 is 2.29 bits per heavy atom. The molecule has 0 fully saturated rings. The summed E-state index contributed by atoms with van der Waals surface area (Å²) in [6, 6.07) is 3.39. The molecule has 0 saturated heterocycles. The Morgan fingerprint density at radius 1 is 1.41 bits per heavy atom. The highest BCUT2D eigenvalue weighted by molar-refractivity contribution is 5.99.